The largest absolute Gasteiger partial charge is 0.478 e. The van der Waals surface area contributed by atoms with Crippen LogP contribution in [0.2, 0.25) is 5.15 Å². The minimum atomic E-state index is -1.06. The van der Waals surface area contributed by atoms with Crippen molar-refractivity contribution in [1.29, 1.82) is 0 Å². The molecule has 19 heavy (non-hydrogen) atoms. The summed E-state index contributed by atoms with van der Waals surface area (Å²) in [4.78, 5) is 13.2. The van der Waals surface area contributed by atoms with Gasteiger partial charge in [-0.2, -0.15) is 0 Å². The van der Waals surface area contributed by atoms with Crippen molar-refractivity contribution in [1.82, 2.24) is 10.2 Å². The number of halogens is 1. The first-order chi connectivity index (χ1) is 9.16. The van der Waals surface area contributed by atoms with Crippen LogP contribution >= 0.6 is 11.6 Å². The van der Waals surface area contributed by atoms with Crippen molar-refractivity contribution in [3.05, 3.63) is 46.6 Å². The number of para-hydroxylation sites is 1. The zero-order valence-corrected chi connectivity index (χ0v) is 10.6. The molecule has 1 aromatic carbocycles. The van der Waals surface area contributed by atoms with Gasteiger partial charge in [-0.05, 0) is 24.1 Å². The maximum Gasteiger partial charge on any atom is 0.339 e. The van der Waals surface area contributed by atoms with E-state index in [1.807, 2.05) is 29.2 Å². The summed E-state index contributed by atoms with van der Waals surface area (Å²) in [7, 11) is 0. The number of carboxylic acids is 1. The van der Waals surface area contributed by atoms with E-state index >= 15 is 0 Å². The van der Waals surface area contributed by atoms with Crippen LogP contribution in [0.15, 0.2) is 30.3 Å². The highest BCUT2D eigenvalue weighted by Gasteiger charge is 2.26. The van der Waals surface area contributed by atoms with Crippen LogP contribution in [0.1, 0.15) is 15.9 Å². The van der Waals surface area contributed by atoms with Gasteiger partial charge < -0.3 is 10.0 Å². The number of aromatic nitrogens is 2. The van der Waals surface area contributed by atoms with Gasteiger partial charge in [0.1, 0.15) is 5.56 Å². The van der Waals surface area contributed by atoms with E-state index in [0.717, 1.165) is 12.1 Å². The van der Waals surface area contributed by atoms with Crippen LogP contribution in [0.4, 0.5) is 11.5 Å². The standard InChI is InChI=1S/C13H10ClN3O2/c14-11-7-9(13(18)19)12(16-15-11)17-6-5-8-3-1-2-4-10(8)17/h1-4,7H,5-6H2,(H,18,19). The maximum absolute atomic E-state index is 11.3. The fourth-order valence-corrected chi connectivity index (χ4v) is 2.42. The van der Waals surface area contributed by atoms with Gasteiger partial charge in [-0.15, -0.1) is 10.2 Å². The molecule has 0 unspecified atom stereocenters. The molecular weight excluding hydrogens is 266 g/mol. The van der Waals surface area contributed by atoms with Gasteiger partial charge in [-0.3, -0.25) is 0 Å². The molecule has 1 aromatic heterocycles. The van der Waals surface area contributed by atoms with Gasteiger partial charge in [0.15, 0.2) is 11.0 Å². The molecule has 1 N–H and O–H groups in total. The molecule has 2 heterocycles. The number of nitrogens with zero attached hydrogens (tertiary/aromatic N) is 3. The second kappa shape index (κ2) is 4.51. The van der Waals surface area contributed by atoms with Crippen molar-refractivity contribution in [3.63, 3.8) is 0 Å². The smallest absolute Gasteiger partial charge is 0.339 e. The predicted octanol–water partition coefficient (Wildman–Crippen LogP) is 2.52. The number of aromatic carboxylic acids is 1. The number of hydrogen-bond donors (Lipinski definition) is 1. The lowest BCUT2D eigenvalue weighted by atomic mass is 10.2. The highest BCUT2D eigenvalue weighted by atomic mass is 35.5. The number of rotatable bonds is 2. The highest BCUT2D eigenvalue weighted by molar-refractivity contribution is 6.29. The van der Waals surface area contributed by atoms with Gasteiger partial charge in [0, 0.05) is 12.2 Å². The van der Waals surface area contributed by atoms with Crippen LogP contribution in [-0.4, -0.2) is 27.8 Å². The summed E-state index contributed by atoms with van der Waals surface area (Å²) in [6.07, 6.45) is 0.861. The summed E-state index contributed by atoms with van der Waals surface area (Å²) in [6, 6.07) is 9.19. The molecule has 0 atom stereocenters. The van der Waals surface area contributed by atoms with E-state index in [9.17, 15) is 9.90 Å². The molecule has 0 bridgehead atoms. The number of benzene rings is 1. The molecule has 96 valence electrons. The average molecular weight is 276 g/mol. The van der Waals surface area contributed by atoms with Crippen LogP contribution in [0.5, 0.6) is 0 Å². The van der Waals surface area contributed by atoms with E-state index in [1.54, 1.807) is 0 Å². The summed E-state index contributed by atoms with van der Waals surface area (Å²) in [6.45, 7) is 0.690. The normalized spacial score (nSPS) is 13.4. The van der Waals surface area contributed by atoms with Crippen LogP contribution in [0.25, 0.3) is 0 Å². The molecular formula is C13H10ClN3O2. The van der Waals surface area contributed by atoms with Gasteiger partial charge >= 0.3 is 5.97 Å². The Kier molecular flexibility index (Phi) is 2.83. The second-order valence-corrected chi connectivity index (χ2v) is 4.63. The Morgan fingerprint density at radius 2 is 2.11 bits per heavy atom. The summed E-state index contributed by atoms with van der Waals surface area (Å²) in [5.41, 5.74) is 2.22. The number of carboxylic acid groups (broad SMARTS) is 1. The van der Waals surface area contributed by atoms with E-state index in [2.05, 4.69) is 10.2 Å². The molecule has 1 aliphatic rings. The topological polar surface area (TPSA) is 66.3 Å². The Bertz CT molecular complexity index is 660. The predicted molar refractivity (Wildman–Crippen MR) is 71.2 cm³/mol. The summed E-state index contributed by atoms with van der Waals surface area (Å²) >= 11 is 5.71. The van der Waals surface area contributed by atoms with E-state index in [1.165, 1.54) is 11.6 Å². The number of fused-ring (bicyclic) bond motifs is 1. The van der Waals surface area contributed by atoms with Gasteiger partial charge in [-0.25, -0.2) is 4.79 Å². The number of carbonyl (C=O) groups is 1. The Morgan fingerprint density at radius 3 is 2.89 bits per heavy atom. The highest BCUT2D eigenvalue weighted by Crippen LogP contribution is 2.34. The molecule has 0 radical (unpaired) electrons. The number of anilines is 2. The van der Waals surface area contributed by atoms with Crippen LogP contribution in [-0.2, 0) is 6.42 Å². The summed E-state index contributed by atoms with van der Waals surface area (Å²) in [5, 5.41) is 17.0. The minimum absolute atomic E-state index is 0.0664. The van der Waals surface area contributed by atoms with E-state index in [4.69, 9.17) is 11.6 Å². The van der Waals surface area contributed by atoms with E-state index in [-0.39, 0.29) is 10.7 Å². The molecule has 0 fully saturated rings. The van der Waals surface area contributed by atoms with E-state index < -0.39 is 5.97 Å². The summed E-state index contributed by atoms with van der Waals surface area (Å²) in [5.74, 6) is -0.724. The van der Waals surface area contributed by atoms with Gasteiger partial charge in [0.05, 0.1) is 0 Å². The van der Waals surface area contributed by atoms with Gasteiger partial charge in [0.2, 0.25) is 0 Å². The zero-order chi connectivity index (χ0) is 13.4. The maximum atomic E-state index is 11.3. The van der Waals surface area contributed by atoms with Crippen molar-refractivity contribution in [2.45, 2.75) is 6.42 Å². The third kappa shape index (κ3) is 2.02. The first-order valence-electron chi connectivity index (χ1n) is 5.79. The molecule has 0 spiro atoms. The van der Waals surface area contributed by atoms with Crippen LogP contribution in [0, 0.1) is 0 Å². The molecule has 2 aromatic rings. The van der Waals surface area contributed by atoms with Crippen molar-refractivity contribution in [3.8, 4) is 0 Å². The fourth-order valence-electron chi connectivity index (χ4n) is 2.28. The molecule has 1 aliphatic heterocycles. The molecule has 0 aliphatic carbocycles. The third-order valence-electron chi connectivity index (χ3n) is 3.12. The molecule has 5 nitrogen and oxygen atoms in total. The van der Waals surface area contributed by atoms with Crippen molar-refractivity contribution in [2.24, 2.45) is 0 Å². The molecule has 0 saturated carbocycles. The third-order valence-corrected chi connectivity index (χ3v) is 3.30. The van der Waals surface area contributed by atoms with Gasteiger partial charge in [0.25, 0.3) is 0 Å². The second-order valence-electron chi connectivity index (χ2n) is 4.24. The zero-order valence-electron chi connectivity index (χ0n) is 9.88. The van der Waals surface area contributed by atoms with Crippen LogP contribution in [0.3, 0.4) is 0 Å². The van der Waals surface area contributed by atoms with Crippen molar-refractivity contribution >= 4 is 29.1 Å². The Morgan fingerprint density at radius 1 is 1.32 bits per heavy atom. The summed E-state index contributed by atoms with van der Waals surface area (Å²) < 4.78 is 0. The van der Waals surface area contributed by atoms with E-state index in [0.29, 0.717) is 12.4 Å². The Labute approximate surface area is 114 Å². The lowest BCUT2D eigenvalue weighted by molar-refractivity contribution is 0.0697. The van der Waals surface area contributed by atoms with Crippen molar-refractivity contribution < 1.29 is 9.90 Å². The number of hydrogen-bond acceptors (Lipinski definition) is 4. The lowest BCUT2D eigenvalue weighted by Gasteiger charge is -2.19. The quantitative estimate of drug-likeness (QED) is 0.912. The molecule has 3 rings (SSSR count). The minimum Gasteiger partial charge on any atom is -0.478 e. The first-order valence-corrected chi connectivity index (χ1v) is 6.16. The monoisotopic (exact) mass is 275 g/mol. The first kappa shape index (κ1) is 11.9. The Balaban J connectivity index is 2.12. The fraction of sp³-hybridized carbons (Fsp3) is 0.154. The van der Waals surface area contributed by atoms with Crippen molar-refractivity contribution in [2.75, 3.05) is 11.4 Å². The average Bonchev–Trinajstić information content (AvgIpc) is 2.82. The molecule has 0 saturated heterocycles. The SMILES string of the molecule is O=C(O)c1cc(Cl)nnc1N1CCc2ccccc21. The van der Waals surface area contributed by atoms with Gasteiger partial charge in [-0.1, -0.05) is 29.8 Å². The van der Waals surface area contributed by atoms with Crippen LogP contribution < -0.4 is 4.90 Å². The molecule has 6 heteroatoms. The molecule has 0 amide bonds. The Hall–Kier alpha value is -2.14. The lowest BCUT2D eigenvalue weighted by Crippen LogP contribution is -2.19.